The van der Waals surface area contributed by atoms with Gasteiger partial charge in [-0.05, 0) is 44.5 Å². The van der Waals surface area contributed by atoms with Gasteiger partial charge in [0.25, 0.3) is 0 Å². The molecule has 10 heteroatoms. The first kappa shape index (κ1) is 21.8. The molecular formula is C22H28N6O4. The van der Waals surface area contributed by atoms with Crippen molar-refractivity contribution < 1.29 is 19.4 Å². The summed E-state index contributed by atoms with van der Waals surface area (Å²) in [5.74, 6) is 1.39. The van der Waals surface area contributed by atoms with Crippen molar-refractivity contribution in [1.29, 1.82) is 0 Å². The Morgan fingerprint density at radius 3 is 2.69 bits per heavy atom. The smallest absolute Gasteiger partial charge is 0.407 e. The maximum Gasteiger partial charge on any atom is 0.407 e. The quantitative estimate of drug-likeness (QED) is 0.668. The van der Waals surface area contributed by atoms with Crippen LogP contribution in [-0.2, 0) is 17.7 Å². The lowest BCUT2D eigenvalue weighted by molar-refractivity contribution is 0.0983. The summed E-state index contributed by atoms with van der Waals surface area (Å²) in [4.78, 5) is 36.6. The minimum atomic E-state index is -0.946. The van der Waals surface area contributed by atoms with Gasteiger partial charge >= 0.3 is 12.1 Å². The van der Waals surface area contributed by atoms with Gasteiger partial charge in [-0.15, -0.1) is 0 Å². The number of ether oxygens (including phenoxy) is 1. The normalized spacial score (nSPS) is 18.1. The number of aromatic nitrogens is 2. The van der Waals surface area contributed by atoms with Crippen LogP contribution >= 0.6 is 0 Å². The number of nitrogens with zero attached hydrogens (tertiary/aromatic N) is 4. The first-order valence-electron chi connectivity index (χ1n) is 10.8. The third-order valence-corrected chi connectivity index (χ3v) is 5.69. The lowest BCUT2D eigenvalue weighted by atomic mass is 10.0. The van der Waals surface area contributed by atoms with E-state index in [1.807, 2.05) is 19.1 Å². The van der Waals surface area contributed by atoms with E-state index in [1.165, 1.54) is 4.90 Å². The van der Waals surface area contributed by atoms with Crippen LogP contribution in [0.15, 0.2) is 24.3 Å². The second kappa shape index (κ2) is 9.39. The van der Waals surface area contributed by atoms with Crippen molar-refractivity contribution >= 4 is 23.6 Å². The minimum absolute atomic E-state index is 0.164. The first-order valence-corrected chi connectivity index (χ1v) is 10.8. The molecule has 3 heterocycles. The lowest BCUT2D eigenvalue weighted by Crippen LogP contribution is -2.45. The molecule has 2 aliphatic heterocycles. The van der Waals surface area contributed by atoms with Crippen LogP contribution in [0.3, 0.4) is 0 Å². The van der Waals surface area contributed by atoms with E-state index in [1.54, 1.807) is 12.1 Å². The van der Waals surface area contributed by atoms with E-state index in [9.17, 15) is 14.7 Å². The number of carbonyl (C=O) groups is 2. The zero-order valence-electron chi connectivity index (χ0n) is 18.3. The van der Waals surface area contributed by atoms with E-state index in [0.29, 0.717) is 44.2 Å². The predicted octanol–water partition coefficient (Wildman–Crippen LogP) is 2.55. The van der Waals surface area contributed by atoms with Crippen molar-refractivity contribution in [2.45, 2.75) is 32.9 Å². The minimum Gasteiger partial charge on any atom is -0.465 e. The summed E-state index contributed by atoms with van der Waals surface area (Å²) in [5, 5.41) is 14.9. The molecule has 2 aromatic rings. The molecule has 0 radical (unpaired) electrons. The highest BCUT2D eigenvalue weighted by Crippen LogP contribution is 2.31. The number of hydrogen-bond acceptors (Lipinski definition) is 6. The Morgan fingerprint density at radius 2 is 2.00 bits per heavy atom. The number of fused-ring (bicyclic) bond motifs is 1. The average molecular weight is 441 g/mol. The fourth-order valence-electron chi connectivity index (χ4n) is 4.02. The van der Waals surface area contributed by atoms with E-state index in [0.717, 1.165) is 29.2 Å². The molecule has 0 bridgehead atoms. The number of nitrogens with one attached hydrogen (secondary N) is 2. The molecule has 1 aromatic heterocycles. The maximum absolute atomic E-state index is 11.7. The van der Waals surface area contributed by atoms with Gasteiger partial charge in [0.2, 0.25) is 0 Å². The predicted molar refractivity (Wildman–Crippen MR) is 120 cm³/mol. The summed E-state index contributed by atoms with van der Waals surface area (Å²) in [7, 11) is 0. The number of benzene rings is 1. The Balaban J connectivity index is 1.69. The van der Waals surface area contributed by atoms with Crippen molar-refractivity contribution in [2.24, 2.45) is 0 Å². The molecule has 4 rings (SSSR count). The first-order chi connectivity index (χ1) is 15.5. The number of carboxylic acid groups (broad SMARTS) is 1. The van der Waals surface area contributed by atoms with Crippen LogP contribution in [-0.4, -0.2) is 71.0 Å². The largest absolute Gasteiger partial charge is 0.465 e. The number of urea groups is 1. The Morgan fingerprint density at radius 1 is 1.22 bits per heavy atom. The van der Waals surface area contributed by atoms with Crippen molar-refractivity contribution in [3.05, 3.63) is 35.5 Å². The molecule has 0 saturated carbocycles. The second-order valence-corrected chi connectivity index (χ2v) is 7.93. The van der Waals surface area contributed by atoms with Crippen molar-refractivity contribution in [3.63, 3.8) is 0 Å². The fraction of sp³-hybridized carbons (Fsp3) is 0.455. The summed E-state index contributed by atoms with van der Waals surface area (Å²) in [6.45, 7) is 7.14. The highest BCUT2D eigenvalue weighted by atomic mass is 16.5. The summed E-state index contributed by atoms with van der Waals surface area (Å²) in [5.41, 5.74) is 3.21. The summed E-state index contributed by atoms with van der Waals surface area (Å²) < 4.78 is 5.59. The van der Waals surface area contributed by atoms with Gasteiger partial charge in [0, 0.05) is 36.4 Å². The molecule has 1 unspecified atom stereocenters. The molecule has 1 saturated heterocycles. The van der Waals surface area contributed by atoms with Crippen molar-refractivity contribution in [3.8, 4) is 11.4 Å². The van der Waals surface area contributed by atoms with Gasteiger partial charge in [-0.3, -0.25) is 0 Å². The van der Waals surface area contributed by atoms with Crippen LogP contribution in [0.1, 0.15) is 25.1 Å². The second-order valence-electron chi connectivity index (χ2n) is 7.93. The molecule has 170 valence electrons. The molecule has 3 amide bonds. The van der Waals surface area contributed by atoms with E-state index in [2.05, 4.69) is 22.5 Å². The molecule has 2 aliphatic rings. The van der Waals surface area contributed by atoms with Gasteiger partial charge in [0.05, 0.1) is 31.5 Å². The van der Waals surface area contributed by atoms with E-state index >= 15 is 0 Å². The zero-order valence-corrected chi connectivity index (χ0v) is 18.3. The number of amides is 3. The third-order valence-electron chi connectivity index (χ3n) is 5.69. The van der Waals surface area contributed by atoms with Gasteiger partial charge in [-0.2, -0.15) is 0 Å². The Bertz CT molecular complexity index is 997. The Hall–Kier alpha value is -3.40. The molecule has 10 nitrogen and oxygen atoms in total. The van der Waals surface area contributed by atoms with Gasteiger partial charge < -0.3 is 30.3 Å². The van der Waals surface area contributed by atoms with Crippen LogP contribution in [0.25, 0.3) is 11.4 Å². The van der Waals surface area contributed by atoms with Crippen molar-refractivity contribution in [1.82, 2.24) is 20.2 Å². The third kappa shape index (κ3) is 4.59. The van der Waals surface area contributed by atoms with Crippen LogP contribution in [0, 0.1) is 0 Å². The fourth-order valence-corrected chi connectivity index (χ4v) is 4.02. The van der Waals surface area contributed by atoms with Crippen LogP contribution in [0.4, 0.5) is 21.1 Å². The lowest BCUT2D eigenvalue weighted by Gasteiger charge is -2.37. The summed E-state index contributed by atoms with van der Waals surface area (Å²) in [6, 6.07) is 7.21. The van der Waals surface area contributed by atoms with Crippen LogP contribution < -0.4 is 15.5 Å². The number of morpholine rings is 1. The highest BCUT2D eigenvalue weighted by molar-refractivity contribution is 5.89. The van der Waals surface area contributed by atoms with E-state index < -0.39 is 6.09 Å². The number of carbonyl (C=O) groups excluding carboxylic acids is 1. The average Bonchev–Trinajstić information content (AvgIpc) is 2.79. The monoisotopic (exact) mass is 440 g/mol. The van der Waals surface area contributed by atoms with E-state index in [-0.39, 0.29) is 18.6 Å². The summed E-state index contributed by atoms with van der Waals surface area (Å²) in [6.07, 6.45) is -0.366. The topological polar surface area (TPSA) is 120 Å². The van der Waals surface area contributed by atoms with Gasteiger partial charge in [-0.1, -0.05) is 0 Å². The Labute approximate surface area is 186 Å². The van der Waals surface area contributed by atoms with E-state index in [4.69, 9.17) is 14.7 Å². The molecule has 1 aromatic carbocycles. The number of rotatable bonds is 4. The maximum atomic E-state index is 11.7. The summed E-state index contributed by atoms with van der Waals surface area (Å²) >= 11 is 0. The van der Waals surface area contributed by atoms with Gasteiger partial charge in [0.15, 0.2) is 5.82 Å². The molecule has 1 fully saturated rings. The van der Waals surface area contributed by atoms with Crippen LogP contribution in [0.5, 0.6) is 0 Å². The highest BCUT2D eigenvalue weighted by Gasteiger charge is 2.30. The SMILES string of the molecule is CCNC(=O)Nc1ccc(-c2nc3c(c(N4CCOCC4C)n2)CCN(C(=O)O)C3)cc1. The molecule has 32 heavy (non-hydrogen) atoms. The molecule has 1 atom stereocenters. The van der Waals surface area contributed by atoms with Crippen molar-refractivity contribution in [2.75, 3.05) is 43.1 Å². The standard InChI is InChI=1S/C22H28N6O4/c1-3-23-21(29)24-16-6-4-15(5-7-16)19-25-18-12-27(22(30)31)9-8-17(18)20(26-19)28-10-11-32-13-14(28)2/h4-7,14H,3,8-13H2,1-2H3,(H,30,31)(H2,23,24,29). The zero-order chi connectivity index (χ0) is 22.7. The number of anilines is 2. The van der Waals surface area contributed by atoms with Crippen LogP contribution in [0.2, 0.25) is 0 Å². The molecule has 0 spiro atoms. The molecule has 3 N–H and O–H groups in total. The number of hydrogen-bond donors (Lipinski definition) is 3. The van der Waals surface area contributed by atoms with Gasteiger partial charge in [-0.25, -0.2) is 19.6 Å². The molecular weight excluding hydrogens is 412 g/mol. The molecule has 0 aliphatic carbocycles. The Kier molecular flexibility index (Phi) is 6.40. The van der Waals surface area contributed by atoms with Gasteiger partial charge in [0.1, 0.15) is 5.82 Å².